The summed E-state index contributed by atoms with van der Waals surface area (Å²) in [4.78, 5) is 15.5. The Morgan fingerprint density at radius 2 is 2.30 bits per heavy atom. The third kappa shape index (κ3) is 2.49. The van der Waals surface area contributed by atoms with Crippen molar-refractivity contribution < 1.29 is 9.90 Å². The minimum Gasteiger partial charge on any atom is -0.480 e. The van der Waals surface area contributed by atoms with Crippen LogP contribution in [0.25, 0.3) is 10.9 Å². The highest BCUT2D eigenvalue weighted by Gasteiger charge is 2.28. The van der Waals surface area contributed by atoms with Gasteiger partial charge in [-0.1, -0.05) is 17.7 Å². The van der Waals surface area contributed by atoms with E-state index >= 15 is 0 Å². The molecule has 2 atom stereocenters. The highest BCUT2D eigenvalue weighted by molar-refractivity contribution is 7.99. The number of hydrogen-bond acceptors (Lipinski definition) is 4. The molecule has 0 bridgehead atoms. The van der Waals surface area contributed by atoms with Gasteiger partial charge in [0.1, 0.15) is 6.04 Å². The molecule has 1 aromatic carbocycles. The fraction of sp³-hybridized carbons (Fsp3) is 0.286. The molecule has 1 aromatic heterocycles. The van der Waals surface area contributed by atoms with Gasteiger partial charge in [0.25, 0.3) is 0 Å². The van der Waals surface area contributed by atoms with E-state index in [2.05, 4.69) is 10.3 Å². The Hall–Kier alpha value is -1.30. The first-order valence-electron chi connectivity index (χ1n) is 6.30. The minimum atomic E-state index is -0.804. The van der Waals surface area contributed by atoms with Gasteiger partial charge in [0.2, 0.25) is 0 Å². The van der Waals surface area contributed by atoms with Gasteiger partial charge >= 0.3 is 5.97 Å². The minimum absolute atomic E-state index is 0.0699. The van der Waals surface area contributed by atoms with Crippen LogP contribution < -0.4 is 5.32 Å². The van der Waals surface area contributed by atoms with Crippen molar-refractivity contribution >= 4 is 40.2 Å². The van der Waals surface area contributed by atoms with E-state index in [1.54, 1.807) is 18.0 Å². The summed E-state index contributed by atoms with van der Waals surface area (Å²) in [7, 11) is 0. The van der Waals surface area contributed by atoms with Gasteiger partial charge in [0.15, 0.2) is 0 Å². The molecule has 0 spiro atoms. The van der Waals surface area contributed by atoms with Crippen LogP contribution in [-0.2, 0) is 4.79 Å². The summed E-state index contributed by atoms with van der Waals surface area (Å²) >= 11 is 7.89. The van der Waals surface area contributed by atoms with E-state index in [-0.39, 0.29) is 5.37 Å². The number of benzene rings is 1. The lowest BCUT2D eigenvalue weighted by molar-refractivity contribution is -0.139. The number of aliphatic carboxylic acids is 1. The molecule has 0 radical (unpaired) electrons. The first-order valence-corrected chi connectivity index (χ1v) is 7.73. The largest absolute Gasteiger partial charge is 0.480 e. The second-order valence-corrected chi connectivity index (χ2v) is 6.25. The van der Waals surface area contributed by atoms with Crippen molar-refractivity contribution in [1.82, 2.24) is 10.3 Å². The van der Waals surface area contributed by atoms with Crippen LogP contribution in [0.5, 0.6) is 0 Å². The van der Waals surface area contributed by atoms with Crippen molar-refractivity contribution in [2.45, 2.75) is 17.8 Å². The molecule has 0 saturated carbocycles. The van der Waals surface area contributed by atoms with Crippen LogP contribution in [0.1, 0.15) is 17.4 Å². The first kappa shape index (κ1) is 13.7. The molecule has 2 N–H and O–H groups in total. The van der Waals surface area contributed by atoms with Gasteiger partial charge in [-0.3, -0.25) is 15.1 Å². The average Bonchev–Trinajstić information content (AvgIpc) is 2.48. The fourth-order valence-corrected chi connectivity index (χ4v) is 3.82. The number of nitrogens with zero attached hydrogens (tertiary/aromatic N) is 1. The van der Waals surface area contributed by atoms with E-state index in [9.17, 15) is 4.79 Å². The van der Waals surface area contributed by atoms with Crippen LogP contribution >= 0.6 is 23.4 Å². The first-order chi connectivity index (χ1) is 9.66. The molecule has 1 aliphatic rings. The Balaban J connectivity index is 2.02. The lowest BCUT2D eigenvalue weighted by Gasteiger charge is -2.29. The normalized spacial score (nSPS) is 22.9. The number of pyridine rings is 1. The maximum Gasteiger partial charge on any atom is 0.320 e. The van der Waals surface area contributed by atoms with Crippen molar-refractivity contribution in [3.63, 3.8) is 0 Å². The maximum atomic E-state index is 11.1. The van der Waals surface area contributed by atoms with Crippen LogP contribution in [0.2, 0.25) is 5.02 Å². The molecule has 20 heavy (non-hydrogen) atoms. The number of carboxylic acids is 1. The third-order valence-electron chi connectivity index (χ3n) is 3.37. The third-order valence-corrected chi connectivity index (χ3v) is 4.90. The number of fused-ring (bicyclic) bond motifs is 1. The Kier molecular flexibility index (Phi) is 3.83. The zero-order valence-electron chi connectivity index (χ0n) is 10.5. The Bertz CT molecular complexity index is 665. The average molecular weight is 309 g/mol. The Morgan fingerprint density at radius 1 is 1.45 bits per heavy atom. The summed E-state index contributed by atoms with van der Waals surface area (Å²) < 4.78 is 0. The zero-order chi connectivity index (χ0) is 14.1. The zero-order valence-corrected chi connectivity index (χ0v) is 12.1. The van der Waals surface area contributed by atoms with Crippen LogP contribution in [0.15, 0.2) is 30.5 Å². The maximum absolute atomic E-state index is 11.1. The lowest BCUT2D eigenvalue weighted by Crippen LogP contribution is -2.41. The topological polar surface area (TPSA) is 62.2 Å². The van der Waals surface area contributed by atoms with Crippen LogP contribution in [0.4, 0.5) is 0 Å². The molecular formula is C14H13ClN2O2S. The fourth-order valence-electron chi connectivity index (χ4n) is 2.36. The smallest absolute Gasteiger partial charge is 0.320 e. The Labute approximate surface area is 125 Å². The van der Waals surface area contributed by atoms with Gasteiger partial charge in [-0.2, -0.15) is 0 Å². The molecule has 1 fully saturated rings. The van der Waals surface area contributed by atoms with E-state index < -0.39 is 12.0 Å². The second kappa shape index (κ2) is 5.60. The van der Waals surface area contributed by atoms with Gasteiger partial charge in [-0.15, -0.1) is 11.8 Å². The molecule has 0 amide bonds. The molecule has 2 heterocycles. The number of aromatic nitrogens is 1. The number of rotatable bonds is 2. The predicted molar refractivity (Wildman–Crippen MR) is 81.1 cm³/mol. The molecule has 6 heteroatoms. The monoisotopic (exact) mass is 308 g/mol. The molecule has 0 aliphatic carbocycles. The van der Waals surface area contributed by atoms with E-state index in [4.69, 9.17) is 16.7 Å². The summed E-state index contributed by atoms with van der Waals surface area (Å²) in [6.45, 7) is 0. The van der Waals surface area contributed by atoms with Crippen molar-refractivity contribution in [3.8, 4) is 0 Å². The molecule has 104 valence electrons. The molecule has 2 aromatic rings. The molecular weight excluding hydrogens is 296 g/mol. The van der Waals surface area contributed by atoms with E-state index in [1.807, 2.05) is 24.3 Å². The number of carboxylic acid groups (broad SMARTS) is 1. The highest BCUT2D eigenvalue weighted by Crippen LogP contribution is 2.36. The number of nitrogens with one attached hydrogen (secondary N) is 1. The summed E-state index contributed by atoms with van der Waals surface area (Å²) in [5.41, 5.74) is 1.82. The quantitative estimate of drug-likeness (QED) is 0.893. The van der Waals surface area contributed by atoms with Crippen molar-refractivity contribution in [1.29, 1.82) is 0 Å². The number of hydrogen-bond donors (Lipinski definition) is 2. The summed E-state index contributed by atoms with van der Waals surface area (Å²) in [5.74, 6) is 0.00696. The van der Waals surface area contributed by atoms with E-state index in [0.29, 0.717) is 11.4 Å². The second-order valence-electron chi connectivity index (χ2n) is 4.63. The van der Waals surface area contributed by atoms with Crippen LogP contribution in [0.3, 0.4) is 0 Å². The van der Waals surface area contributed by atoms with Gasteiger partial charge in [0, 0.05) is 22.2 Å². The van der Waals surface area contributed by atoms with Crippen LogP contribution in [0, 0.1) is 0 Å². The standard InChI is InChI=1S/C14H13ClN2O2S/c15-10-4-3-9(12-8(10)2-1-6-16-12)13-17-11(14(18)19)5-7-20-13/h1-4,6,11,13,17H,5,7H2,(H,18,19). The SMILES string of the molecule is O=C(O)C1CCSC(c2ccc(Cl)c3cccnc23)N1. The predicted octanol–water partition coefficient (Wildman–Crippen LogP) is 3.07. The summed E-state index contributed by atoms with van der Waals surface area (Å²) in [5, 5.41) is 13.8. The molecule has 4 nitrogen and oxygen atoms in total. The summed E-state index contributed by atoms with van der Waals surface area (Å²) in [6.07, 6.45) is 2.36. The lowest BCUT2D eigenvalue weighted by atomic mass is 10.1. The van der Waals surface area contributed by atoms with E-state index in [1.165, 1.54) is 0 Å². The van der Waals surface area contributed by atoms with Gasteiger partial charge in [-0.05, 0) is 30.4 Å². The molecule has 3 rings (SSSR count). The number of thioether (sulfide) groups is 1. The molecule has 1 aliphatic heterocycles. The highest BCUT2D eigenvalue weighted by atomic mass is 35.5. The van der Waals surface area contributed by atoms with Gasteiger partial charge < -0.3 is 5.11 Å². The summed E-state index contributed by atoms with van der Waals surface area (Å²) in [6, 6.07) is 7.03. The van der Waals surface area contributed by atoms with Gasteiger partial charge in [-0.25, -0.2) is 0 Å². The number of halogens is 1. The van der Waals surface area contributed by atoms with Crippen molar-refractivity contribution in [2.24, 2.45) is 0 Å². The molecule has 1 saturated heterocycles. The number of carbonyl (C=O) groups is 1. The van der Waals surface area contributed by atoms with Gasteiger partial charge in [0.05, 0.1) is 10.9 Å². The van der Waals surface area contributed by atoms with E-state index in [0.717, 1.165) is 22.2 Å². The van der Waals surface area contributed by atoms with Crippen LogP contribution in [-0.4, -0.2) is 27.9 Å². The van der Waals surface area contributed by atoms with Crippen molar-refractivity contribution in [3.05, 3.63) is 41.0 Å². The molecule has 2 unspecified atom stereocenters. The Morgan fingerprint density at radius 3 is 3.10 bits per heavy atom. The van der Waals surface area contributed by atoms with Crippen molar-refractivity contribution in [2.75, 3.05) is 5.75 Å².